The van der Waals surface area contributed by atoms with E-state index in [2.05, 4.69) is 0 Å². The summed E-state index contributed by atoms with van der Waals surface area (Å²) < 4.78 is 5.14. The van der Waals surface area contributed by atoms with Gasteiger partial charge in [-0.1, -0.05) is 6.92 Å². The van der Waals surface area contributed by atoms with Gasteiger partial charge >= 0.3 is 6.09 Å². The van der Waals surface area contributed by atoms with Crippen molar-refractivity contribution in [1.82, 2.24) is 4.90 Å². The molecule has 0 aromatic heterocycles. The molecule has 0 spiro atoms. The minimum atomic E-state index is -1.09. The van der Waals surface area contributed by atoms with Crippen molar-refractivity contribution in [3.8, 4) is 0 Å². The van der Waals surface area contributed by atoms with E-state index in [0.717, 1.165) is 0 Å². The van der Waals surface area contributed by atoms with Gasteiger partial charge < -0.3 is 19.8 Å². The maximum atomic E-state index is 11.4. The molecule has 0 saturated heterocycles. The van der Waals surface area contributed by atoms with E-state index in [4.69, 9.17) is 4.74 Å². The Morgan fingerprint density at radius 3 is 2.22 bits per heavy atom. The first-order valence-electron chi connectivity index (χ1n) is 6.36. The molecule has 4 unspecified atom stereocenters. The van der Waals surface area contributed by atoms with Gasteiger partial charge in [0.25, 0.3) is 0 Å². The zero-order chi connectivity index (χ0) is 14.5. The van der Waals surface area contributed by atoms with E-state index < -0.39 is 23.9 Å². The topological polar surface area (TPSA) is 70.0 Å². The highest BCUT2D eigenvalue weighted by Gasteiger charge is 2.32. The zero-order valence-electron chi connectivity index (χ0n) is 12.3. The quantitative estimate of drug-likeness (QED) is 0.762. The summed E-state index contributed by atoms with van der Waals surface area (Å²) in [5.41, 5.74) is -1.09. The van der Waals surface area contributed by atoms with Crippen molar-refractivity contribution >= 4 is 6.09 Å². The van der Waals surface area contributed by atoms with Crippen molar-refractivity contribution in [3.05, 3.63) is 0 Å². The lowest BCUT2D eigenvalue weighted by Crippen LogP contribution is -2.42. The lowest BCUT2D eigenvalue weighted by molar-refractivity contribution is -0.0732. The molecular weight excluding hydrogens is 234 g/mol. The first-order chi connectivity index (χ1) is 8.08. The number of amides is 1. The van der Waals surface area contributed by atoms with Crippen LogP contribution < -0.4 is 0 Å². The zero-order valence-corrected chi connectivity index (χ0v) is 12.3. The molecular formula is C13H27NO4. The lowest BCUT2D eigenvalue weighted by atomic mass is 9.89. The van der Waals surface area contributed by atoms with Crippen LogP contribution in [0.3, 0.4) is 0 Å². The molecule has 0 aromatic rings. The standard InChI is InChI=1S/C13H27NO4/c1-9(10(2)15)7-8-13(4,17)11(3)18-12(16)14(5)6/h9-11,15,17H,7-8H2,1-6H3. The molecule has 0 heterocycles. The Bertz CT molecular complexity index is 264. The SMILES string of the molecule is CC(O)C(C)CCC(C)(O)C(C)OC(=O)N(C)C. The number of rotatable bonds is 6. The van der Waals surface area contributed by atoms with Crippen LogP contribution in [0, 0.1) is 5.92 Å². The number of aliphatic hydroxyl groups excluding tert-OH is 1. The van der Waals surface area contributed by atoms with Gasteiger partial charge in [0.1, 0.15) is 6.10 Å². The molecule has 5 heteroatoms. The Hall–Kier alpha value is -0.810. The van der Waals surface area contributed by atoms with Gasteiger partial charge in [-0.15, -0.1) is 0 Å². The number of hydrogen-bond donors (Lipinski definition) is 2. The van der Waals surface area contributed by atoms with E-state index in [1.54, 1.807) is 34.9 Å². The van der Waals surface area contributed by atoms with Gasteiger partial charge in [-0.05, 0) is 39.5 Å². The molecule has 0 saturated carbocycles. The average Bonchev–Trinajstić information content (AvgIpc) is 2.25. The summed E-state index contributed by atoms with van der Waals surface area (Å²) in [5, 5.41) is 19.7. The molecule has 4 atom stereocenters. The van der Waals surface area contributed by atoms with Crippen molar-refractivity contribution in [2.45, 2.75) is 58.3 Å². The third-order valence-corrected chi connectivity index (χ3v) is 3.45. The maximum absolute atomic E-state index is 11.4. The Morgan fingerprint density at radius 1 is 1.33 bits per heavy atom. The molecule has 0 aromatic carbocycles. The molecule has 0 aliphatic rings. The Labute approximate surface area is 110 Å². The molecule has 108 valence electrons. The van der Waals surface area contributed by atoms with Crippen LogP contribution in [-0.2, 0) is 4.74 Å². The Balaban J connectivity index is 4.31. The van der Waals surface area contributed by atoms with Crippen LogP contribution in [0.25, 0.3) is 0 Å². The second kappa shape index (κ2) is 6.95. The predicted molar refractivity (Wildman–Crippen MR) is 70.3 cm³/mol. The predicted octanol–water partition coefficient (Wildman–Crippen LogP) is 1.62. The second-order valence-corrected chi connectivity index (χ2v) is 5.53. The van der Waals surface area contributed by atoms with Crippen LogP contribution in [-0.4, -0.2) is 53.1 Å². The fraction of sp³-hybridized carbons (Fsp3) is 0.923. The molecule has 18 heavy (non-hydrogen) atoms. The fourth-order valence-corrected chi connectivity index (χ4v) is 1.35. The first kappa shape index (κ1) is 17.2. The third-order valence-electron chi connectivity index (χ3n) is 3.45. The van der Waals surface area contributed by atoms with Crippen LogP contribution in [0.15, 0.2) is 0 Å². The van der Waals surface area contributed by atoms with Gasteiger partial charge in [0.15, 0.2) is 0 Å². The summed E-state index contributed by atoms with van der Waals surface area (Å²) in [6.07, 6.45) is -0.310. The van der Waals surface area contributed by atoms with Crippen molar-refractivity contribution < 1.29 is 19.7 Å². The number of ether oxygens (including phenoxy) is 1. The van der Waals surface area contributed by atoms with Crippen LogP contribution in [0.4, 0.5) is 4.79 Å². The van der Waals surface area contributed by atoms with Gasteiger partial charge in [-0.2, -0.15) is 0 Å². The minimum absolute atomic E-state index is 0.105. The number of nitrogens with zero attached hydrogens (tertiary/aromatic N) is 1. The fourth-order valence-electron chi connectivity index (χ4n) is 1.35. The van der Waals surface area contributed by atoms with Crippen molar-refractivity contribution in [2.24, 2.45) is 5.92 Å². The normalized spacial score (nSPS) is 19.6. The summed E-state index contributed by atoms with van der Waals surface area (Å²) in [4.78, 5) is 12.7. The van der Waals surface area contributed by atoms with Gasteiger partial charge in [0.2, 0.25) is 0 Å². The first-order valence-corrected chi connectivity index (χ1v) is 6.36. The molecule has 1 amide bonds. The van der Waals surface area contributed by atoms with Crippen LogP contribution >= 0.6 is 0 Å². The highest BCUT2D eigenvalue weighted by atomic mass is 16.6. The van der Waals surface area contributed by atoms with E-state index in [9.17, 15) is 15.0 Å². The molecule has 0 aliphatic carbocycles. The summed E-state index contributed by atoms with van der Waals surface area (Å²) in [6, 6.07) is 0. The largest absolute Gasteiger partial charge is 0.443 e. The van der Waals surface area contributed by atoms with Crippen molar-refractivity contribution in [1.29, 1.82) is 0 Å². The van der Waals surface area contributed by atoms with Crippen LogP contribution in [0.2, 0.25) is 0 Å². The molecule has 0 aliphatic heterocycles. The van der Waals surface area contributed by atoms with Gasteiger partial charge in [0, 0.05) is 14.1 Å². The summed E-state index contributed by atoms with van der Waals surface area (Å²) >= 11 is 0. The maximum Gasteiger partial charge on any atom is 0.409 e. The van der Waals surface area contributed by atoms with Crippen LogP contribution in [0.5, 0.6) is 0 Å². The molecule has 0 radical (unpaired) electrons. The molecule has 2 N–H and O–H groups in total. The monoisotopic (exact) mass is 261 g/mol. The third kappa shape index (κ3) is 5.69. The van der Waals surface area contributed by atoms with Crippen LogP contribution in [0.1, 0.15) is 40.5 Å². The molecule has 0 rings (SSSR count). The van der Waals surface area contributed by atoms with Gasteiger partial charge in [-0.25, -0.2) is 4.79 Å². The van der Waals surface area contributed by atoms with E-state index in [0.29, 0.717) is 12.8 Å². The van der Waals surface area contributed by atoms with E-state index in [1.165, 1.54) is 4.90 Å². The number of aliphatic hydroxyl groups is 2. The molecule has 5 nitrogen and oxygen atoms in total. The number of carbonyl (C=O) groups excluding carboxylic acids is 1. The lowest BCUT2D eigenvalue weighted by Gasteiger charge is -2.31. The molecule has 0 fully saturated rings. The van der Waals surface area contributed by atoms with E-state index >= 15 is 0 Å². The Morgan fingerprint density at radius 2 is 1.83 bits per heavy atom. The number of carbonyl (C=O) groups is 1. The highest BCUT2D eigenvalue weighted by molar-refractivity contribution is 5.67. The Kier molecular flexibility index (Phi) is 6.63. The molecule has 0 bridgehead atoms. The smallest absolute Gasteiger partial charge is 0.409 e. The summed E-state index contributed by atoms with van der Waals surface area (Å²) in [7, 11) is 3.19. The van der Waals surface area contributed by atoms with Gasteiger partial charge in [-0.3, -0.25) is 0 Å². The number of hydrogen-bond acceptors (Lipinski definition) is 4. The summed E-state index contributed by atoms with van der Waals surface area (Å²) in [5.74, 6) is 0.105. The van der Waals surface area contributed by atoms with Gasteiger partial charge in [0.05, 0.1) is 11.7 Å². The van der Waals surface area contributed by atoms with E-state index in [-0.39, 0.29) is 5.92 Å². The average molecular weight is 261 g/mol. The van der Waals surface area contributed by atoms with Crippen molar-refractivity contribution in [2.75, 3.05) is 14.1 Å². The van der Waals surface area contributed by atoms with Crippen molar-refractivity contribution in [3.63, 3.8) is 0 Å². The second-order valence-electron chi connectivity index (χ2n) is 5.53. The summed E-state index contributed by atoms with van der Waals surface area (Å²) in [6.45, 7) is 6.98. The van der Waals surface area contributed by atoms with E-state index in [1.807, 2.05) is 6.92 Å². The highest BCUT2D eigenvalue weighted by Crippen LogP contribution is 2.23. The minimum Gasteiger partial charge on any atom is -0.443 e.